The van der Waals surface area contributed by atoms with E-state index in [0.717, 1.165) is 24.8 Å². The minimum atomic E-state index is 0.000552. The Bertz CT molecular complexity index is 464. The molecule has 3 nitrogen and oxygen atoms in total. The number of amides is 1. The molecule has 96 valence electrons. The molecule has 1 aromatic rings. The van der Waals surface area contributed by atoms with Gasteiger partial charge < -0.3 is 5.32 Å². The van der Waals surface area contributed by atoms with Gasteiger partial charge in [-0.2, -0.15) is 0 Å². The first-order valence-corrected chi connectivity index (χ1v) is 6.86. The van der Waals surface area contributed by atoms with Gasteiger partial charge >= 0.3 is 0 Å². The van der Waals surface area contributed by atoms with Gasteiger partial charge in [-0.25, -0.2) is 0 Å². The van der Waals surface area contributed by atoms with Crippen molar-refractivity contribution < 1.29 is 4.79 Å². The molecule has 1 aromatic carbocycles. The average molecular weight is 244 g/mol. The van der Waals surface area contributed by atoms with Crippen LogP contribution in [0.2, 0.25) is 0 Å². The van der Waals surface area contributed by atoms with Crippen LogP contribution >= 0.6 is 0 Å². The van der Waals surface area contributed by atoms with Crippen LogP contribution in [0.25, 0.3) is 0 Å². The lowest BCUT2D eigenvalue weighted by Crippen LogP contribution is -2.27. The third kappa shape index (κ3) is 2.27. The van der Waals surface area contributed by atoms with Gasteiger partial charge in [0.25, 0.3) is 0 Å². The van der Waals surface area contributed by atoms with Gasteiger partial charge in [-0.1, -0.05) is 18.9 Å². The Balaban J connectivity index is 1.74. The average Bonchev–Trinajstić information content (AvgIpc) is 2.95. The van der Waals surface area contributed by atoms with Crippen LogP contribution in [0.15, 0.2) is 18.2 Å². The topological polar surface area (TPSA) is 32.3 Å². The molecule has 0 saturated heterocycles. The standard InChI is InChI=1S/C15H20N2O/c1-11(18)16-14-7-6-12-9-17(10-13(12)8-14)15-4-2-3-5-15/h6-8,15H,2-5,9-10H2,1H3,(H,16,18). The largest absolute Gasteiger partial charge is 0.326 e. The number of hydrogen-bond donors (Lipinski definition) is 1. The van der Waals surface area contributed by atoms with Crippen LogP contribution in [0.4, 0.5) is 5.69 Å². The van der Waals surface area contributed by atoms with Crippen molar-refractivity contribution in [2.45, 2.75) is 51.7 Å². The van der Waals surface area contributed by atoms with Gasteiger partial charge in [0.1, 0.15) is 0 Å². The van der Waals surface area contributed by atoms with Gasteiger partial charge in [-0.15, -0.1) is 0 Å². The second-order valence-corrected chi connectivity index (χ2v) is 5.51. The van der Waals surface area contributed by atoms with Gasteiger partial charge in [0.05, 0.1) is 0 Å². The number of nitrogens with zero attached hydrogens (tertiary/aromatic N) is 1. The number of carbonyl (C=O) groups is 1. The Morgan fingerprint density at radius 2 is 1.94 bits per heavy atom. The van der Waals surface area contributed by atoms with Crippen molar-refractivity contribution in [3.05, 3.63) is 29.3 Å². The zero-order valence-corrected chi connectivity index (χ0v) is 10.9. The first-order valence-electron chi connectivity index (χ1n) is 6.86. The number of carbonyl (C=O) groups excluding carboxylic acids is 1. The lowest BCUT2D eigenvalue weighted by atomic mass is 10.1. The number of hydrogen-bond acceptors (Lipinski definition) is 2. The third-order valence-corrected chi connectivity index (χ3v) is 4.11. The van der Waals surface area contributed by atoms with E-state index in [0.29, 0.717) is 0 Å². The normalized spacial score (nSPS) is 20.1. The maximum absolute atomic E-state index is 11.1. The molecule has 0 unspecified atom stereocenters. The molecule has 1 fully saturated rings. The quantitative estimate of drug-likeness (QED) is 0.867. The van der Waals surface area contributed by atoms with Gasteiger partial charge in [-0.05, 0) is 36.1 Å². The molecular formula is C15H20N2O. The van der Waals surface area contributed by atoms with Crippen LogP contribution in [0, 0.1) is 0 Å². The van der Waals surface area contributed by atoms with Crippen LogP contribution in [-0.4, -0.2) is 16.8 Å². The Kier molecular flexibility index (Phi) is 3.08. The van der Waals surface area contributed by atoms with E-state index in [4.69, 9.17) is 0 Å². The fourth-order valence-corrected chi connectivity index (χ4v) is 3.23. The molecule has 0 spiro atoms. The van der Waals surface area contributed by atoms with Crippen molar-refractivity contribution in [1.29, 1.82) is 0 Å². The molecule has 1 saturated carbocycles. The van der Waals surface area contributed by atoms with Gasteiger partial charge in [-0.3, -0.25) is 9.69 Å². The minimum Gasteiger partial charge on any atom is -0.326 e. The summed E-state index contributed by atoms with van der Waals surface area (Å²) in [5.74, 6) is 0.000552. The van der Waals surface area contributed by atoms with E-state index in [1.165, 1.54) is 36.8 Å². The Labute approximate surface area is 108 Å². The van der Waals surface area contributed by atoms with Crippen molar-refractivity contribution in [3.63, 3.8) is 0 Å². The minimum absolute atomic E-state index is 0.000552. The Morgan fingerprint density at radius 1 is 1.22 bits per heavy atom. The van der Waals surface area contributed by atoms with Crippen molar-refractivity contribution in [3.8, 4) is 0 Å². The van der Waals surface area contributed by atoms with Crippen LogP contribution < -0.4 is 5.32 Å². The number of nitrogens with one attached hydrogen (secondary N) is 1. The maximum atomic E-state index is 11.1. The van der Waals surface area contributed by atoms with E-state index in [2.05, 4.69) is 22.3 Å². The molecule has 1 aliphatic carbocycles. The van der Waals surface area contributed by atoms with Crippen molar-refractivity contribution in [1.82, 2.24) is 4.90 Å². The highest BCUT2D eigenvalue weighted by Crippen LogP contribution is 2.32. The van der Waals surface area contributed by atoms with E-state index in [9.17, 15) is 4.79 Å². The lowest BCUT2D eigenvalue weighted by Gasteiger charge is -2.22. The van der Waals surface area contributed by atoms with Crippen LogP contribution in [-0.2, 0) is 17.9 Å². The van der Waals surface area contributed by atoms with E-state index < -0.39 is 0 Å². The fraction of sp³-hybridized carbons (Fsp3) is 0.533. The molecule has 1 N–H and O–H groups in total. The molecule has 0 bridgehead atoms. The number of fused-ring (bicyclic) bond motifs is 1. The van der Waals surface area contributed by atoms with E-state index >= 15 is 0 Å². The lowest BCUT2D eigenvalue weighted by molar-refractivity contribution is -0.114. The monoisotopic (exact) mass is 244 g/mol. The summed E-state index contributed by atoms with van der Waals surface area (Å²) in [6.45, 7) is 3.69. The maximum Gasteiger partial charge on any atom is 0.221 e. The van der Waals surface area contributed by atoms with Crippen molar-refractivity contribution >= 4 is 11.6 Å². The van der Waals surface area contributed by atoms with Crippen molar-refractivity contribution in [2.75, 3.05) is 5.32 Å². The van der Waals surface area contributed by atoms with Crippen molar-refractivity contribution in [2.24, 2.45) is 0 Å². The number of anilines is 1. The summed E-state index contributed by atoms with van der Waals surface area (Å²) in [5, 5.41) is 2.86. The van der Waals surface area contributed by atoms with Gasteiger partial charge in [0.15, 0.2) is 0 Å². The molecule has 2 aliphatic rings. The molecule has 1 aliphatic heterocycles. The molecule has 0 radical (unpaired) electrons. The first-order chi connectivity index (χ1) is 8.72. The third-order valence-electron chi connectivity index (χ3n) is 4.11. The highest BCUT2D eigenvalue weighted by molar-refractivity contribution is 5.88. The van der Waals surface area contributed by atoms with E-state index in [1.807, 2.05) is 6.07 Å². The predicted molar refractivity (Wildman–Crippen MR) is 72.2 cm³/mol. The molecular weight excluding hydrogens is 224 g/mol. The van der Waals surface area contributed by atoms with Crippen LogP contribution in [0.1, 0.15) is 43.7 Å². The van der Waals surface area contributed by atoms with Gasteiger partial charge in [0, 0.05) is 31.7 Å². The summed E-state index contributed by atoms with van der Waals surface area (Å²) in [4.78, 5) is 13.7. The second kappa shape index (κ2) is 4.73. The predicted octanol–water partition coefficient (Wildman–Crippen LogP) is 2.90. The fourth-order valence-electron chi connectivity index (χ4n) is 3.23. The zero-order chi connectivity index (χ0) is 12.5. The Morgan fingerprint density at radius 3 is 2.67 bits per heavy atom. The van der Waals surface area contributed by atoms with Crippen LogP contribution in [0.5, 0.6) is 0 Å². The molecule has 1 heterocycles. The molecule has 18 heavy (non-hydrogen) atoms. The number of benzene rings is 1. The summed E-state index contributed by atoms with van der Waals surface area (Å²) in [7, 11) is 0. The van der Waals surface area contributed by atoms with E-state index in [1.54, 1.807) is 6.92 Å². The summed E-state index contributed by atoms with van der Waals surface area (Å²) in [5.41, 5.74) is 3.73. The Hall–Kier alpha value is -1.35. The molecule has 3 rings (SSSR count). The van der Waals surface area contributed by atoms with E-state index in [-0.39, 0.29) is 5.91 Å². The SMILES string of the molecule is CC(=O)Nc1ccc2c(c1)CN(C1CCCC1)C2. The summed E-state index contributed by atoms with van der Waals surface area (Å²) in [6, 6.07) is 7.08. The van der Waals surface area contributed by atoms with Crippen LogP contribution in [0.3, 0.4) is 0 Å². The zero-order valence-electron chi connectivity index (χ0n) is 10.9. The smallest absolute Gasteiger partial charge is 0.221 e. The van der Waals surface area contributed by atoms with Gasteiger partial charge in [0.2, 0.25) is 5.91 Å². The molecule has 0 atom stereocenters. The summed E-state index contributed by atoms with van der Waals surface area (Å²) >= 11 is 0. The summed E-state index contributed by atoms with van der Waals surface area (Å²) < 4.78 is 0. The first kappa shape index (κ1) is 11.7. The second-order valence-electron chi connectivity index (χ2n) is 5.51. The highest BCUT2D eigenvalue weighted by Gasteiger charge is 2.27. The number of rotatable bonds is 2. The molecule has 1 amide bonds. The molecule has 3 heteroatoms. The highest BCUT2D eigenvalue weighted by atomic mass is 16.1. The molecule has 0 aromatic heterocycles. The summed E-state index contributed by atoms with van der Waals surface area (Å²) in [6.07, 6.45) is 5.47.